The number of halogens is 1. The minimum atomic E-state index is -0.452. The number of hydrogen-bond acceptors (Lipinski definition) is 2. The van der Waals surface area contributed by atoms with Crippen molar-refractivity contribution in [3.63, 3.8) is 0 Å². The van der Waals surface area contributed by atoms with Crippen LogP contribution in [0.3, 0.4) is 0 Å². The van der Waals surface area contributed by atoms with Crippen LogP contribution in [0.4, 0.5) is 0 Å². The van der Waals surface area contributed by atoms with E-state index in [-0.39, 0.29) is 5.41 Å². The van der Waals surface area contributed by atoms with Crippen molar-refractivity contribution in [1.29, 1.82) is 0 Å². The summed E-state index contributed by atoms with van der Waals surface area (Å²) in [7, 11) is 0. The minimum Gasteiger partial charge on any atom is -0.408 e. The lowest BCUT2D eigenvalue weighted by Crippen LogP contribution is -2.11. The van der Waals surface area contributed by atoms with Gasteiger partial charge in [0.2, 0.25) is 0 Å². The molecule has 15 heavy (non-hydrogen) atoms. The lowest BCUT2D eigenvalue weighted by atomic mass is 9.87. The smallest absolute Gasteiger partial charge is 0.408 e. The number of hydrogen-bond donors (Lipinski definition) is 1. The van der Waals surface area contributed by atoms with Crippen LogP contribution in [-0.4, -0.2) is 4.98 Å². The molecule has 0 spiro atoms. The van der Waals surface area contributed by atoms with Gasteiger partial charge >= 0.3 is 5.76 Å². The summed E-state index contributed by atoms with van der Waals surface area (Å²) in [6.45, 7) is 6.20. The summed E-state index contributed by atoms with van der Waals surface area (Å²) in [4.78, 5) is 13.6. The number of rotatable bonds is 0. The zero-order valence-electron chi connectivity index (χ0n) is 8.85. The van der Waals surface area contributed by atoms with Gasteiger partial charge in [0.1, 0.15) is 0 Å². The van der Waals surface area contributed by atoms with Crippen molar-refractivity contribution in [2.45, 2.75) is 26.2 Å². The van der Waals surface area contributed by atoms with E-state index >= 15 is 0 Å². The lowest BCUT2D eigenvalue weighted by Gasteiger charge is -2.20. The van der Waals surface area contributed by atoms with Crippen molar-refractivity contribution in [3.05, 3.63) is 33.3 Å². The van der Waals surface area contributed by atoms with Crippen LogP contribution in [0, 0.1) is 0 Å². The van der Waals surface area contributed by atoms with Crippen molar-refractivity contribution in [2.24, 2.45) is 0 Å². The summed E-state index contributed by atoms with van der Waals surface area (Å²) in [5, 5.41) is 0.623. The van der Waals surface area contributed by atoms with E-state index in [4.69, 9.17) is 16.0 Å². The molecule has 4 heteroatoms. The molecule has 0 aliphatic heterocycles. The van der Waals surface area contributed by atoms with Gasteiger partial charge in [0.25, 0.3) is 0 Å². The Hall–Kier alpha value is -1.22. The third-order valence-corrected chi connectivity index (χ3v) is 2.63. The van der Waals surface area contributed by atoms with Crippen LogP contribution in [-0.2, 0) is 5.41 Å². The standard InChI is InChI=1S/C11H12ClNO2/c1-11(2,3)6-4-8-9(5-7(6)12)15-10(14)13-8/h4-5H,1-3H3,(H,13,14). The highest BCUT2D eigenvalue weighted by Crippen LogP contribution is 2.32. The molecule has 2 aromatic rings. The normalized spacial score (nSPS) is 12.3. The number of benzene rings is 1. The van der Waals surface area contributed by atoms with Gasteiger partial charge in [-0.1, -0.05) is 32.4 Å². The maximum atomic E-state index is 11.0. The first kappa shape index (κ1) is 10.3. The summed E-state index contributed by atoms with van der Waals surface area (Å²) in [6.07, 6.45) is 0. The summed E-state index contributed by atoms with van der Waals surface area (Å²) in [6, 6.07) is 3.54. The van der Waals surface area contributed by atoms with Crippen LogP contribution >= 0.6 is 11.6 Å². The molecule has 0 amide bonds. The first-order chi connectivity index (χ1) is 6.88. The zero-order chi connectivity index (χ0) is 11.2. The number of fused-ring (bicyclic) bond motifs is 1. The van der Waals surface area contributed by atoms with E-state index in [2.05, 4.69) is 25.8 Å². The predicted molar refractivity (Wildman–Crippen MR) is 60.5 cm³/mol. The molecule has 0 aliphatic carbocycles. The van der Waals surface area contributed by atoms with E-state index in [9.17, 15) is 4.79 Å². The van der Waals surface area contributed by atoms with Gasteiger partial charge in [-0.25, -0.2) is 4.79 Å². The first-order valence-corrected chi connectivity index (χ1v) is 5.08. The molecule has 0 radical (unpaired) electrons. The Morgan fingerprint density at radius 2 is 2.00 bits per heavy atom. The van der Waals surface area contributed by atoms with E-state index in [0.29, 0.717) is 16.1 Å². The van der Waals surface area contributed by atoms with Crippen LogP contribution in [0.5, 0.6) is 0 Å². The van der Waals surface area contributed by atoms with Gasteiger partial charge in [0.15, 0.2) is 5.58 Å². The predicted octanol–water partition coefficient (Wildman–Crippen LogP) is 3.07. The molecule has 1 heterocycles. The Balaban J connectivity index is 2.77. The van der Waals surface area contributed by atoms with Gasteiger partial charge in [0.05, 0.1) is 5.52 Å². The Morgan fingerprint density at radius 1 is 1.33 bits per heavy atom. The number of nitrogens with one attached hydrogen (secondary N) is 1. The molecule has 0 saturated carbocycles. The second-order valence-electron chi connectivity index (χ2n) is 4.59. The van der Waals surface area contributed by atoms with Crippen LogP contribution in [0.2, 0.25) is 5.02 Å². The summed E-state index contributed by atoms with van der Waals surface area (Å²) < 4.78 is 4.92. The largest absolute Gasteiger partial charge is 0.417 e. The molecular weight excluding hydrogens is 214 g/mol. The van der Waals surface area contributed by atoms with Crippen LogP contribution in [0.1, 0.15) is 26.3 Å². The van der Waals surface area contributed by atoms with Crippen molar-refractivity contribution in [3.8, 4) is 0 Å². The molecule has 1 aromatic carbocycles. The molecule has 0 bridgehead atoms. The van der Waals surface area contributed by atoms with Gasteiger partial charge in [-0.2, -0.15) is 0 Å². The number of aromatic amines is 1. The maximum absolute atomic E-state index is 11.0. The molecular formula is C11H12ClNO2. The maximum Gasteiger partial charge on any atom is 0.417 e. The van der Waals surface area contributed by atoms with Crippen molar-refractivity contribution < 1.29 is 4.42 Å². The Labute approximate surface area is 92.1 Å². The quantitative estimate of drug-likeness (QED) is 0.749. The fourth-order valence-corrected chi connectivity index (χ4v) is 1.98. The Morgan fingerprint density at radius 3 is 2.60 bits per heavy atom. The average molecular weight is 226 g/mol. The molecule has 3 nitrogen and oxygen atoms in total. The molecule has 80 valence electrons. The molecule has 1 N–H and O–H groups in total. The highest BCUT2D eigenvalue weighted by atomic mass is 35.5. The van der Waals surface area contributed by atoms with Gasteiger partial charge in [-0.3, -0.25) is 4.98 Å². The second kappa shape index (κ2) is 3.14. The summed E-state index contributed by atoms with van der Waals surface area (Å²) >= 11 is 6.12. The molecule has 0 fully saturated rings. The van der Waals surface area contributed by atoms with Crippen LogP contribution in [0.25, 0.3) is 11.1 Å². The van der Waals surface area contributed by atoms with E-state index in [1.165, 1.54) is 0 Å². The number of H-pyrrole nitrogens is 1. The van der Waals surface area contributed by atoms with E-state index < -0.39 is 5.76 Å². The molecule has 1 aromatic heterocycles. The topological polar surface area (TPSA) is 46.0 Å². The van der Waals surface area contributed by atoms with Crippen molar-refractivity contribution >= 4 is 22.7 Å². The highest BCUT2D eigenvalue weighted by Gasteiger charge is 2.19. The summed E-state index contributed by atoms with van der Waals surface area (Å²) in [5.74, 6) is -0.452. The van der Waals surface area contributed by atoms with Gasteiger partial charge in [-0.15, -0.1) is 0 Å². The summed E-state index contributed by atoms with van der Waals surface area (Å²) in [5.41, 5.74) is 2.13. The van der Waals surface area contributed by atoms with E-state index in [1.807, 2.05) is 6.07 Å². The minimum absolute atomic E-state index is 0.0561. The first-order valence-electron chi connectivity index (χ1n) is 4.71. The lowest BCUT2D eigenvalue weighted by molar-refractivity contribution is 0.555. The zero-order valence-corrected chi connectivity index (χ0v) is 9.61. The molecule has 0 aliphatic rings. The Bertz CT molecular complexity index is 560. The monoisotopic (exact) mass is 225 g/mol. The Kier molecular flexibility index (Phi) is 2.15. The van der Waals surface area contributed by atoms with Gasteiger partial charge in [0, 0.05) is 11.1 Å². The number of oxazole rings is 1. The van der Waals surface area contributed by atoms with E-state index in [0.717, 1.165) is 5.56 Å². The SMILES string of the molecule is CC(C)(C)c1cc2[nH]c(=O)oc2cc1Cl. The second-order valence-corrected chi connectivity index (χ2v) is 5.00. The fraction of sp³-hybridized carbons (Fsp3) is 0.364. The van der Waals surface area contributed by atoms with Crippen LogP contribution < -0.4 is 5.76 Å². The fourth-order valence-electron chi connectivity index (χ4n) is 1.55. The third kappa shape index (κ3) is 1.79. The highest BCUT2D eigenvalue weighted by molar-refractivity contribution is 6.32. The molecule has 0 atom stereocenters. The van der Waals surface area contributed by atoms with E-state index in [1.54, 1.807) is 6.07 Å². The van der Waals surface area contributed by atoms with Crippen molar-refractivity contribution in [1.82, 2.24) is 4.98 Å². The van der Waals surface area contributed by atoms with Gasteiger partial charge in [-0.05, 0) is 17.0 Å². The van der Waals surface area contributed by atoms with Crippen molar-refractivity contribution in [2.75, 3.05) is 0 Å². The average Bonchev–Trinajstić information content (AvgIpc) is 2.40. The molecule has 0 saturated heterocycles. The number of aromatic nitrogens is 1. The van der Waals surface area contributed by atoms with Crippen LogP contribution in [0.15, 0.2) is 21.3 Å². The van der Waals surface area contributed by atoms with Gasteiger partial charge < -0.3 is 4.42 Å². The molecule has 0 unspecified atom stereocenters. The molecule has 2 rings (SSSR count). The third-order valence-electron chi connectivity index (χ3n) is 2.32.